The highest BCUT2D eigenvalue weighted by molar-refractivity contribution is 7.98. The number of halogens is 1. The second-order valence-corrected chi connectivity index (χ2v) is 7.33. The third kappa shape index (κ3) is 3.51. The molecule has 1 aromatic rings. The molecule has 0 bridgehead atoms. The van der Waals surface area contributed by atoms with Gasteiger partial charge in [0.15, 0.2) is 0 Å². The summed E-state index contributed by atoms with van der Waals surface area (Å²) in [6.07, 6.45) is 2.63. The van der Waals surface area contributed by atoms with E-state index in [2.05, 4.69) is 0 Å². The Hall–Kier alpha value is -1.10. The van der Waals surface area contributed by atoms with Crippen LogP contribution < -0.4 is 0 Å². The van der Waals surface area contributed by atoms with Gasteiger partial charge in [-0.2, -0.15) is 21.3 Å². The predicted molar refractivity (Wildman–Crippen MR) is 78.5 cm³/mol. The van der Waals surface area contributed by atoms with Crippen molar-refractivity contribution in [1.29, 1.82) is 5.26 Å². The molecule has 7 heteroatoms. The molecule has 0 N–H and O–H groups in total. The van der Waals surface area contributed by atoms with Crippen molar-refractivity contribution in [1.82, 2.24) is 4.31 Å². The van der Waals surface area contributed by atoms with Gasteiger partial charge in [-0.15, -0.1) is 0 Å². The fourth-order valence-electron chi connectivity index (χ4n) is 1.69. The van der Waals surface area contributed by atoms with E-state index < -0.39 is 21.4 Å². The second kappa shape index (κ2) is 7.07. The Kier molecular flexibility index (Phi) is 5.99. The van der Waals surface area contributed by atoms with Crippen LogP contribution in [0.4, 0.5) is 4.39 Å². The maximum absolute atomic E-state index is 13.5. The maximum Gasteiger partial charge on any atom is 0.244 e. The van der Waals surface area contributed by atoms with Crippen LogP contribution >= 0.6 is 11.8 Å². The molecule has 0 spiro atoms. The molecule has 4 nitrogen and oxygen atoms in total. The lowest BCUT2D eigenvalue weighted by Crippen LogP contribution is -2.36. The number of nitrogens with zero attached hydrogens (tertiary/aromatic N) is 2. The lowest BCUT2D eigenvalue weighted by atomic mass is 10.2. The van der Waals surface area contributed by atoms with E-state index in [9.17, 15) is 12.8 Å². The first-order valence-electron chi connectivity index (χ1n) is 6.01. The van der Waals surface area contributed by atoms with Crippen molar-refractivity contribution < 1.29 is 12.8 Å². The van der Waals surface area contributed by atoms with Gasteiger partial charge in [0.2, 0.25) is 10.0 Å². The van der Waals surface area contributed by atoms with Crippen LogP contribution in [0.2, 0.25) is 0 Å². The predicted octanol–water partition coefficient (Wildman–Crippen LogP) is 2.46. The first kappa shape index (κ1) is 17.0. The highest BCUT2D eigenvalue weighted by Crippen LogP contribution is 2.23. The van der Waals surface area contributed by atoms with Gasteiger partial charge >= 0.3 is 0 Å². The van der Waals surface area contributed by atoms with Crippen LogP contribution in [-0.2, 0) is 10.0 Å². The standard InChI is InChI=1S/C13H17FN2O2S2/c1-10(7-8-19-3)16(2)20(17,18)13-6-4-5-12(14)11(13)9-15/h4-6,10H,7-8H2,1-3H3/t10-/m0/s1. The van der Waals surface area contributed by atoms with Crippen molar-refractivity contribution >= 4 is 21.8 Å². The summed E-state index contributed by atoms with van der Waals surface area (Å²) < 4.78 is 39.7. The molecule has 0 fully saturated rings. The number of sulfonamides is 1. The van der Waals surface area contributed by atoms with Crippen LogP contribution in [0.3, 0.4) is 0 Å². The Balaban J connectivity index is 3.18. The minimum atomic E-state index is -3.87. The van der Waals surface area contributed by atoms with E-state index in [4.69, 9.17) is 5.26 Å². The Morgan fingerprint density at radius 1 is 1.50 bits per heavy atom. The molecule has 20 heavy (non-hydrogen) atoms. The monoisotopic (exact) mass is 316 g/mol. The van der Waals surface area contributed by atoms with Gasteiger partial charge in [0.05, 0.1) is 0 Å². The van der Waals surface area contributed by atoms with Gasteiger partial charge in [0.1, 0.15) is 22.3 Å². The average molecular weight is 316 g/mol. The molecule has 0 heterocycles. The highest BCUT2D eigenvalue weighted by atomic mass is 32.2. The molecule has 0 radical (unpaired) electrons. The van der Waals surface area contributed by atoms with Crippen molar-refractivity contribution in [3.63, 3.8) is 0 Å². The van der Waals surface area contributed by atoms with Crippen LogP contribution in [-0.4, -0.2) is 37.8 Å². The number of hydrogen-bond donors (Lipinski definition) is 0. The molecule has 0 saturated heterocycles. The number of nitriles is 1. The lowest BCUT2D eigenvalue weighted by Gasteiger charge is -2.24. The maximum atomic E-state index is 13.5. The molecule has 110 valence electrons. The molecule has 0 amide bonds. The Morgan fingerprint density at radius 3 is 2.70 bits per heavy atom. The van der Waals surface area contributed by atoms with Crippen molar-refractivity contribution in [2.24, 2.45) is 0 Å². The molecule has 1 rings (SSSR count). The molecule has 0 aliphatic rings. The summed E-state index contributed by atoms with van der Waals surface area (Å²) in [5, 5.41) is 8.95. The molecular weight excluding hydrogens is 299 g/mol. The van der Waals surface area contributed by atoms with Gasteiger partial charge in [0.25, 0.3) is 0 Å². The van der Waals surface area contributed by atoms with Crippen molar-refractivity contribution in [2.75, 3.05) is 19.1 Å². The topological polar surface area (TPSA) is 61.2 Å². The summed E-state index contributed by atoms with van der Waals surface area (Å²) in [5.74, 6) is 0.00805. The zero-order valence-corrected chi connectivity index (χ0v) is 13.3. The van der Waals surface area contributed by atoms with E-state index in [1.807, 2.05) is 6.26 Å². The molecule has 1 aromatic carbocycles. The molecule has 0 aliphatic carbocycles. The van der Waals surface area contributed by atoms with Crippen LogP contribution in [0.25, 0.3) is 0 Å². The van der Waals surface area contributed by atoms with E-state index in [-0.39, 0.29) is 10.9 Å². The van der Waals surface area contributed by atoms with Gasteiger partial charge in [-0.25, -0.2) is 12.8 Å². The fourth-order valence-corrected chi connectivity index (χ4v) is 3.81. The third-order valence-corrected chi connectivity index (χ3v) is 5.76. The minimum absolute atomic E-state index is 0.220. The van der Waals surface area contributed by atoms with Gasteiger partial charge in [-0.3, -0.25) is 0 Å². The van der Waals surface area contributed by atoms with Crippen molar-refractivity contribution in [3.8, 4) is 6.07 Å². The smallest absolute Gasteiger partial charge is 0.207 e. The zero-order valence-electron chi connectivity index (χ0n) is 11.6. The summed E-state index contributed by atoms with van der Waals surface area (Å²) >= 11 is 1.63. The van der Waals surface area contributed by atoms with E-state index in [0.29, 0.717) is 6.42 Å². The van der Waals surface area contributed by atoms with E-state index >= 15 is 0 Å². The van der Waals surface area contributed by atoms with Crippen LogP contribution in [0.5, 0.6) is 0 Å². The normalized spacial score (nSPS) is 13.2. The number of rotatable bonds is 6. The van der Waals surface area contributed by atoms with E-state index in [1.54, 1.807) is 24.8 Å². The third-order valence-electron chi connectivity index (χ3n) is 3.10. The Labute approximate surface area is 123 Å². The minimum Gasteiger partial charge on any atom is -0.207 e. The second-order valence-electron chi connectivity index (χ2n) is 4.38. The van der Waals surface area contributed by atoms with E-state index in [0.717, 1.165) is 11.8 Å². The van der Waals surface area contributed by atoms with Gasteiger partial charge in [-0.05, 0) is 37.5 Å². The van der Waals surface area contributed by atoms with Gasteiger partial charge in [0, 0.05) is 13.1 Å². The van der Waals surface area contributed by atoms with E-state index in [1.165, 1.54) is 23.5 Å². The summed E-state index contributed by atoms with van der Waals surface area (Å²) in [4.78, 5) is -0.279. The summed E-state index contributed by atoms with van der Waals surface area (Å²) in [7, 11) is -2.42. The van der Waals surface area contributed by atoms with Crippen molar-refractivity contribution in [2.45, 2.75) is 24.3 Å². The zero-order chi connectivity index (χ0) is 15.3. The summed E-state index contributed by atoms with van der Waals surface area (Å²) in [6.45, 7) is 1.79. The number of hydrogen-bond acceptors (Lipinski definition) is 4. The van der Waals surface area contributed by atoms with Crippen LogP contribution in [0.1, 0.15) is 18.9 Å². The number of benzene rings is 1. The van der Waals surface area contributed by atoms with Crippen molar-refractivity contribution in [3.05, 3.63) is 29.6 Å². The molecule has 0 unspecified atom stereocenters. The van der Waals surface area contributed by atoms with Gasteiger partial charge in [-0.1, -0.05) is 6.07 Å². The largest absolute Gasteiger partial charge is 0.244 e. The number of thioether (sulfide) groups is 1. The van der Waals surface area contributed by atoms with Gasteiger partial charge < -0.3 is 0 Å². The SMILES string of the molecule is CSCC[C@H](C)N(C)S(=O)(=O)c1cccc(F)c1C#N. The highest BCUT2D eigenvalue weighted by Gasteiger charge is 2.28. The fraction of sp³-hybridized carbons (Fsp3) is 0.462. The lowest BCUT2D eigenvalue weighted by molar-refractivity contribution is 0.382. The average Bonchev–Trinajstić information content (AvgIpc) is 2.43. The summed E-state index contributed by atoms with van der Waals surface area (Å²) in [6, 6.07) is 5.03. The first-order valence-corrected chi connectivity index (χ1v) is 8.85. The molecule has 0 aliphatic heterocycles. The van der Waals surface area contributed by atoms with Crippen LogP contribution in [0.15, 0.2) is 23.1 Å². The Morgan fingerprint density at radius 2 is 2.15 bits per heavy atom. The molecule has 1 atom stereocenters. The molecular formula is C13H17FN2O2S2. The summed E-state index contributed by atoms with van der Waals surface area (Å²) in [5.41, 5.74) is -0.434. The molecule has 0 saturated carbocycles. The van der Waals surface area contributed by atoms with Crippen LogP contribution in [0, 0.1) is 17.1 Å². The first-order chi connectivity index (χ1) is 9.36. The quantitative estimate of drug-likeness (QED) is 0.809. The molecule has 0 aromatic heterocycles. The Bertz CT molecular complexity index is 611.